The SMILES string of the molecule is C=CC/C(=C\CC(O)C(C)=O)C(F)(F)F. The van der Waals surface area contributed by atoms with E-state index in [-0.39, 0.29) is 12.8 Å². The van der Waals surface area contributed by atoms with Crippen LogP contribution in [0, 0.1) is 0 Å². The Bertz CT molecular complexity index is 266. The average molecular weight is 222 g/mol. The molecule has 0 saturated heterocycles. The molecule has 0 saturated carbocycles. The highest BCUT2D eigenvalue weighted by molar-refractivity contribution is 5.80. The van der Waals surface area contributed by atoms with Crippen molar-refractivity contribution in [3.8, 4) is 0 Å². The highest BCUT2D eigenvalue weighted by Crippen LogP contribution is 2.28. The van der Waals surface area contributed by atoms with Crippen molar-refractivity contribution in [3.63, 3.8) is 0 Å². The number of aliphatic hydroxyl groups excluding tert-OH is 1. The Kier molecular flexibility index (Phi) is 5.28. The molecule has 0 heterocycles. The Hall–Kier alpha value is -1.10. The number of aliphatic hydroxyl groups is 1. The van der Waals surface area contributed by atoms with Crippen molar-refractivity contribution in [1.82, 2.24) is 0 Å². The number of carbonyl (C=O) groups excluding carboxylic acids is 1. The van der Waals surface area contributed by atoms with Gasteiger partial charge in [0, 0.05) is 5.57 Å². The summed E-state index contributed by atoms with van der Waals surface area (Å²) in [7, 11) is 0. The molecule has 2 nitrogen and oxygen atoms in total. The average Bonchev–Trinajstić information content (AvgIpc) is 2.09. The number of Topliss-reactive ketones (excluding diaryl/α,β-unsaturated/α-hetero) is 1. The number of rotatable bonds is 5. The Morgan fingerprint density at radius 2 is 2.07 bits per heavy atom. The summed E-state index contributed by atoms with van der Waals surface area (Å²) in [5.41, 5.74) is -0.794. The molecule has 1 unspecified atom stereocenters. The lowest BCUT2D eigenvalue weighted by molar-refractivity contribution is -0.124. The van der Waals surface area contributed by atoms with E-state index in [0.717, 1.165) is 19.1 Å². The van der Waals surface area contributed by atoms with Gasteiger partial charge >= 0.3 is 6.18 Å². The topological polar surface area (TPSA) is 37.3 Å². The van der Waals surface area contributed by atoms with Gasteiger partial charge in [0.2, 0.25) is 0 Å². The van der Waals surface area contributed by atoms with Crippen molar-refractivity contribution in [2.45, 2.75) is 32.0 Å². The summed E-state index contributed by atoms with van der Waals surface area (Å²) in [5, 5.41) is 9.02. The summed E-state index contributed by atoms with van der Waals surface area (Å²) in [6.45, 7) is 4.33. The van der Waals surface area contributed by atoms with Gasteiger partial charge in [-0.2, -0.15) is 13.2 Å². The van der Waals surface area contributed by atoms with Gasteiger partial charge in [-0.15, -0.1) is 6.58 Å². The van der Waals surface area contributed by atoms with E-state index in [1.807, 2.05) is 0 Å². The fraction of sp³-hybridized carbons (Fsp3) is 0.500. The number of hydrogen-bond acceptors (Lipinski definition) is 2. The van der Waals surface area contributed by atoms with Crippen LogP contribution in [0.5, 0.6) is 0 Å². The normalized spacial score (nSPS) is 14.9. The Morgan fingerprint density at radius 1 is 1.53 bits per heavy atom. The highest BCUT2D eigenvalue weighted by atomic mass is 19.4. The predicted molar refractivity (Wildman–Crippen MR) is 50.3 cm³/mol. The third-order valence-electron chi connectivity index (χ3n) is 1.79. The van der Waals surface area contributed by atoms with Crippen LogP contribution in [0.4, 0.5) is 13.2 Å². The van der Waals surface area contributed by atoms with Gasteiger partial charge in [0.25, 0.3) is 0 Å². The molecular formula is C10H13F3O2. The van der Waals surface area contributed by atoms with E-state index in [4.69, 9.17) is 5.11 Å². The number of hydrogen-bond donors (Lipinski definition) is 1. The van der Waals surface area contributed by atoms with Gasteiger partial charge in [0.1, 0.15) is 6.10 Å². The fourth-order valence-electron chi connectivity index (χ4n) is 0.890. The van der Waals surface area contributed by atoms with Crippen molar-refractivity contribution in [3.05, 3.63) is 24.3 Å². The van der Waals surface area contributed by atoms with Crippen molar-refractivity contribution in [2.24, 2.45) is 0 Å². The summed E-state index contributed by atoms with van der Waals surface area (Å²) in [5.74, 6) is -0.550. The molecule has 0 aromatic rings. The molecule has 1 atom stereocenters. The largest absolute Gasteiger partial charge is 0.412 e. The summed E-state index contributed by atoms with van der Waals surface area (Å²) >= 11 is 0. The van der Waals surface area contributed by atoms with Crippen molar-refractivity contribution in [1.29, 1.82) is 0 Å². The first-order valence-corrected chi connectivity index (χ1v) is 4.34. The maximum absolute atomic E-state index is 12.3. The maximum Gasteiger partial charge on any atom is 0.412 e. The lowest BCUT2D eigenvalue weighted by Crippen LogP contribution is -2.17. The van der Waals surface area contributed by atoms with Crippen LogP contribution in [-0.4, -0.2) is 23.2 Å². The number of ketones is 1. The van der Waals surface area contributed by atoms with Crippen molar-refractivity contribution in [2.75, 3.05) is 0 Å². The zero-order valence-electron chi connectivity index (χ0n) is 8.34. The van der Waals surface area contributed by atoms with Gasteiger partial charge in [-0.1, -0.05) is 12.2 Å². The second-order valence-corrected chi connectivity index (χ2v) is 3.08. The Labute approximate surface area is 86.1 Å². The fourth-order valence-corrected chi connectivity index (χ4v) is 0.890. The minimum atomic E-state index is -4.44. The first-order valence-electron chi connectivity index (χ1n) is 4.34. The van der Waals surface area contributed by atoms with Crippen LogP contribution in [0.25, 0.3) is 0 Å². The molecule has 0 bridgehead atoms. The lowest BCUT2D eigenvalue weighted by Gasteiger charge is -2.10. The number of halogens is 3. The van der Waals surface area contributed by atoms with Gasteiger partial charge in [-0.05, 0) is 19.8 Å². The summed E-state index contributed by atoms with van der Waals surface area (Å²) < 4.78 is 36.8. The molecule has 0 aromatic heterocycles. The van der Waals surface area contributed by atoms with Gasteiger partial charge in [0.15, 0.2) is 5.78 Å². The molecule has 0 aliphatic rings. The van der Waals surface area contributed by atoms with Crippen LogP contribution in [-0.2, 0) is 4.79 Å². The quantitative estimate of drug-likeness (QED) is 0.725. The van der Waals surface area contributed by atoms with Gasteiger partial charge < -0.3 is 5.11 Å². The van der Waals surface area contributed by atoms with E-state index >= 15 is 0 Å². The molecule has 15 heavy (non-hydrogen) atoms. The minimum absolute atomic E-state index is 0.321. The molecule has 1 N–H and O–H groups in total. The van der Waals surface area contributed by atoms with E-state index in [2.05, 4.69) is 6.58 Å². The molecule has 0 radical (unpaired) electrons. The summed E-state index contributed by atoms with van der Waals surface area (Å²) in [6, 6.07) is 0. The molecule has 0 aromatic carbocycles. The molecule has 86 valence electrons. The minimum Gasteiger partial charge on any atom is -0.385 e. The maximum atomic E-state index is 12.3. The van der Waals surface area contributed by atoms with Crippen LogP contribution >= 0.6 is 0 Å². The molecule has 0 fully saturated rings. The van der Waals surface area contributed by atoms with Gasteiger partial charge in [-0.25, -0.2) is 0 Å². The third-order valence-corrected chi connectivity index (χ3v) is 1.79. The van der Waals surface area contributed by atoms with E-state index in [1.54, 1.807) is 0 Å². The van der Waals surface area contributed by atoms with Crippen LogP contribution in [0.3, 0.4) is 0 Å². The molecule has 0 spiro atoms. The molecule has 0 aliphatic heterocycles. The second-order valence-electron chi connectivity index (χ2n) is 3.08. The second kappa shape index (κ2) is 5.70. The van der Waals surface area contributed by atoms with Gasteiger partial charge in [-0.3, -0.25) is 4.79 Å². The van der Waals surface area contributed by atoms with E-state index in [9.17, 15) is 18.0 Å². The van der Waals surface area contributed by atoms with Crippen molar-refractivity contribution >= 4 is 5.78 Å². The number of allylic oxidation sites excluding steroid dienone is 2. The number of alkyl halides is 3. The standard InChI is InChI=1S/C10H13F3O2/c1-3-4-8(10(11,12)13)5-6-9(15)7(2)14/h3,5,9,15H,1,4,6H2,2H3/b8-5+. The van der Waals surface area contributed by atoms with E-state index in [1.165, 1.54) is 0 Å². The third kappa shape index (κ3) is 5.37. The zero-order valence-corrected chi connectivity index (χ0v) is 8.34. The Morgan fingerprint density at radius 3 is 2.40 bits per heavy atom. The first kappa shape index (κ1) is 13.9. The smallest absolute Gasteiger partial charge is 0.385 e. The van der Waals surface area contributed by atoms with Crippen LogP contribution in [0.2, 0.25) is 0 Å². The molecule has 0 rings (SSSR count). The highest BCUT2D eigenvalue weighted by Gasteiger charge is 2.32. The molecular weight excluding hydrogens is 209 g/mol. The van der Waals surface area contributed by atoms with Crippen molar-refractivity contribution < 1.29 is 23.1 Å². The summed E-state index contributed by atoms with van der Waals surface area (Å²) in [4.78, 5) is 10.6. The number of carbonyl (C=O) groups is 1. The zero-order chi connectivity index (χ0) is 12.1. The Balaban J connectivity index is 4.56. The lowest BCUT2D eigenvalue weighted by atomic mass is 10.1. The predicted octanol–water partition coefficient (Wildman–Crippen LogP) is 2.39. The monoisotopic (exact) mass is 222 g/mol. The van der Waals surface area contributed by atoms with Gasteiger partial charge in [0.05, 0.1) is 0 Å². The molecule has 0 aliphatic carbocycles. The molecule has 5 heteroatoms. The van der Waals surface area contributed by atoms with Crippen LogP contribution in [0.1, 0.15) is 19.8 Å². The first-order chi connectivity index (χ1) is 6.79. The van der Waals surface area contributed by atoms with E-state index in [0.29, 0.717) is 0 Å². The van der Waals surface area contributed by atoms with E-state index < -0.39 is 23.6 Å². The molecule has 0 amide bonds. The van der Waals surface area contributed by atoms with Crippen LogP contribution < -0.4 is 0 Å². The van der Waals surface area contributed by atoms with Crippen LogP contribution in [0.15, 0.2) is 24.3 Å². The summed E-state index contributed by atoms with van der Waals surface area (Å²) in [6.07, 6.45) is -4.50.